The van der Waals surface area contributed by atoms with Crippen LogP contribution in [0.25, 0.3) is 5.69 Å². The van der Waals surface area contributed by atoms with Crippen LogP contribution in [0.2, 0.25) is 0 Å². The molecule has 1 N–H and O–H groups in total. The fourth-order valence-electron chi connectivity index (χ4n) is 3.13. The van der Waals surface area contributed by atoms with Crippen LogP contribution in [0.5, 0.6) is 0 Å². The van der Waals surface area contributed by atoms with Gasteiger partial charge in [0.15, 0.2) is 5.16 Å². The molecule has 4 aromatic rings. The third-order valence-electron chi connectivity index (χ3n) is 4.74. The molecule has 4 rings (SSSR count). The summed E-state index contributed by atoms with van der Waals surface area (Å²) in [6.45, 7) is 1.68. The van der Waals surface area contributed by atoms with Crippen LogP contribution in [-0.2, 0) is 17.4 Å². The number of nitrogens with one attached hydrogen (secondary N) is 1. The van der Waals surface area contributed by atoms with Gasteiger partial charge in [-0.1, -0.05) is 42.1 Å². The maximum absolute atomic E-state index is 13.0. The third kappa shape index (κ3) is 5.63. The monoisotopic (exact) mass is 488 g/mol. The number of halogens is 3. The highest BCUT2D eigenvalue weighted by molar-refractivity contribution is 8.00. The molecular formula is C23H19F3N4OS2. The van der Waals surface area contributed by atoms with E-state index in [0.717, 1.165) is 28.5 Å². The number of hydrogen-bond acceptors (Lipinski definition) is 5. The maximum atomic E-state index is 13.0. The van der Waals surface area contributed by atoms with E-state index in [2.05, 4.69) is 15.5 Å². The molecule has 0 fully saturated rings. The summed E-state index contributed by atoms with van der Waals surface area (Å²) in [5, 5.41) is 13.1. The summed E-state index contributed by atoms with van der Waals surface area (Å²) in [6, 6.07) is 18.1. The van der Waals surface area contributed by atoms with Crippen molar-refractivity contribution in [3.63, 3.8) is 0 Å². The van der Waals surface area contributed by atoms with Crippen LogP contribution in [0, 0.1) is 0 Å². The van der Waals surface area contributed by atoms with Crippen LogP contribution in [0.1, 0.15) is 23.2 Å². The standard InChI is InChI=1S/C23H19F3N4OS2/c1-15(21(31)27-17-8-5-7-16(13-17)23(24,25)26)33-22-29-28-20(14-19-11-6-12-32-19)30(22)18-9-3-2-4-10-18/h2-13,15H,14H2,1H3,(H,27,31)/t15-/m0/s1. The summed E-state index contributed by atoms with van der Waals surface area (Å²) >= 11 is 2.82. The van der Waals surface area contributed by atoms with E-state index in [1.54, 1.807) is 18.3 Å². The molecule has 0 spiro atoms. The largest absolute Gasteiger partial charge is 0.416 e. The number of carbonyl (C=O) groups excluding carboxylic acids is 1. The van der Waals surface area contributed by atoms with Crippen molar-refractivity contribution >= 4 is 34.7 Å². The van der Waals surface area contributed by atoms with E-state index in [4.69, 9.17) is 0 Å². The van der Waals surface area contributed by atoms with Crippen LogP contribution in [0.3, 0.4) is 0 Å². The third-order valence-corrected chi connectivity index (χ3v) is 6.66. The van der Waals surface area contributed by atoms with Crippen molar-refractivity contribution in [2.75, 3.05) is 5.32 Å². The van der Waals surface area contributed by atoms with Gasteiger partial charge in [0.05, 0.1) is 10.8 Å². The van der Waals surface area contributed by atoms with Gasteiger partial charge in [0.25, 0.3) is 0 Å². The van der Waals surface area contributed by atoms with Gasteiger partial charge < -0.3 is 5.32 Å². The first kappa shape index (κ1) is 23.1. The molecule has 2 aromatic heterocycles. The lowest BCUT2D eigenvalue weighted by molar-refractivity contribution is -0.137. The van der Waals surface area contributed by atoms with Crippen molar-refractivity contribution in [3.8, 4) is 5.69 Å². The number of alkyl halides is 3. The van der Waals surface area contributed by atoms with E-state index in [1.165, 1.54) is 23.9 Å². The quantitative estimate of drug-likeness (QED) is 0.322. The summed E-state index contributed by atoms with van der Waals surface area (Å²) in [6.07, 6.45) is -3.89. The first-order chi connectivity index (χ1) is 15.8. The number of para-hydroxylation sites is 1. The summed E-state index contributed by atoms with van der Waals surface area (Å²) in [5.41, 5.74) is 0.134. The smallest absolute Gasteiger partial charge is 0.325 e. The van der Waals surface area contributed by atoms with Crippen molar-refractivity contribution < 1.29 is 18.0 Å². The summed E-state index contributed by atoms with van der Waals surface area (Å²) < 4.78 is 40.8. The van der Waals surface area contributed by atoms with E-state index in [1.807, 2.05) is 52.4 Å². The predicted octanol–water partition coefficient (Wildman–Crippen LogP) is 6.06. The van der Waals surface area contributed by atoms with Gasteiger partial charge in [-0.2, -0.15) is 13.2 Å². The highest BCUT2D eigenvalue weighted by atomic mass is 32.2. The number of rotatable bonds is 7. The molecular weight excluding hydrogens is 469 g/mol. The van der Waals surface area contributed by atoms with Crippen molar-refractivity contribution in [1.29, 1.82) is 0 Å². The van der Waals surface area contributed by atoms with Crippen molar-refractivity contribution in [2.45, 2.75) is 29.9 Å². The fourth-order valence-corrected chi connectivity index (χ4v) is 4.71. The molecule has 0 saturated carbocycles. The molecule has 2 aromatic carbocycles. The number of carbonyl (C=O) groups is 1. The highest BCUT2D eigenvalue weighted by Crippen LogP contribution is 2.31. The molecule has 0 radical (unpaired) electrons. The Labute approximate surface area is 196 Å². The number of benzene rings is 2. The Balaban J connectivity index is 1.54. The Morgan fingerprint density at radius 3 is 2.58 bits per heavy atom. The maximum Gasteiger partial charge on any atom is 0.416 e. The van der Waals surface area contributed by atoms with Gasteiger partial charge in [0.2, 0.25) is 5.91 Å². The molecule has 0 unspecified atom stereocenters. The van der Waals surface area contributed by atoms with Gasteiger partial charge in [-0.05, 0) is 48.7 Å². The number of aromatic nitrogens is 3. The Bertz CT molecular complexity index is 1220. The van der Waals surface area contributed by atoms with Crippen LogP contribution in [0.4, 0.5) is 18.9 Å². The number of hydrogen-bond donors (Lipinski definition) is 1. The number of nitrogens with zero attached hydrogens (tertiary/aromatic N) is 3. The minimum atomic E-state index is -4.48. The molecule has 10 heteroatoms. The lowest BCUT2D eigenvalue weighted by Gasteiger charge is -2.14. The molecule has 0 saturated heterocycles. The molecule has 1 atom stereocenters. The minimum absolute atomic E-state index is 0.0881. The van der Waals surface area contributed by atoms with Gasteiger partial charge in [-0.3, -0.25) is 9.36 Å². The second-order valence-electron chi connectivity index (χ2n) is 7.15. The Morgan fingerprint density at radius 2 is 1.88 bits per heavy atom. The minimum Gasteiger partial charge on any atom is -0.325 e. The van der Waals surface area contributed by atoms with Crippen molar-refractivity contribution in [3.05, 3.63) is 88.4 Å². The molecule has 1 amide bonds. The summed E-state index contributed by atoms with van der Waals surface area (Å²) in [7, 11) is 0. The highest BCUT2D eigenvalue weighted by Gasteiger charge is 2.30. The molecule has 5 nitrogen and oxygen atoms in total. The molecule has 0 aliphatic rings. The zero-order valence-electron chi connectivity index (χ0n) is 17.4. The van der Waals surface area contributed by atoms with Gasteiger partial charge in [-0.25, -0.2) is 0 Å². The average Bonchev–Trinajstić information content (AvgIpc) is 3.44. The Kier molecular flexibility index (Phi) is 6.85. The second-order valence-corrected chi connectivity index (χ2v) is 9.49. The lowest BCUT2D eigenvalue weighted by Crippen LogP contribution is -2.23. The first-order valence-corrected chi connectivity index (χ1v) is 11.7. The van der Waals surface area contributed by atoms with Gasteiger partial charge >= 0.3 is 6.18 Å². The number of thiophene rings is 1. The molecule has 33 heavy (non-hydrogen) atoms. The number of amides is 1. The summed E-state index contributed by atoms with van der Waals surface area (Å²) in [4.78, 5) is 13.9. The van der Waals surface area contributed by atoms with E-state index in [0.29, 0.717) is 11.6 Å². The van der Waals surface area contributed by atoms with Crippen LogP contribution >= 0.6 is 23.1 Å². The van der Waals surface area contributed by atoms with Gasteiger partial charge in [-0.15, -0.1) is 21.5 Å². The average molecular weight is 489 g/mol. The van der Waals surface area contributed by atoms with Crippen molar-refractivity contribution in [2.24, 2.45) is 0 Å². The van der Waals surface area contributed by atoms with Crippen LogP contribution in [-0.4, -0.2) is 25.9 Å². The van der Waals surface area contributed by atoms with Crippen LogP contribution < -0.4 is 5.32 Å². The molecule has 2 heterocycles. The van der Waals surface area contributed by atoms with E-state index in [9.17, 15) is 18.0 Å². The normalized spacial score (nSPS) is 12.5. The number of anilines is 1. The van der Waals surface area contributed by atoms with Gasteiger partial charge in [0.1, 0.15) is 5.82 Å². The second kappa shape index (κ2) is 9.80. The van der Waals surface area contributed by atoms with Crippen LogP contribution in [0.15, 0.2) is 77.3 Å². The fraction of sp³-hybridized carbons (Fsp3) is 0.174. The SMILES string of the molecule is C[C@H](Sc1nnc(Cc2cccs2)n1-c1ccccc1)C(=O)Nc1cccc(C(F)(F)F)c1. The topological polar surface area (TPSA) is 59.8 Å². The Morgan fingerprint density at radius 1 is 1.09 bits per heavy atom. The zero-order valence-corrected chi connectivity index (χ0v) is 19.0. The zero-order chi connectivity index (χ0) is 23.4. The summed E-state index contributed by atoms with van der Waals surface area (Å²) in [5.74, 6) is 0.304. The molecule has 170 valence electrons. The molecule has 0 aliphatic heterocycles. The molecule has 0 bridgehead atoms. The Hall–Kier alpha value is -3.11. The number of thioether (sulfide) groups is 1. The van der Waals surface area contributed by atoms with E-state index < -0.39 is 22.9 Å². The van der Waals surface area contributed by atoms with E-state index in [-0.39, 0.29) is 5.69 Å². The molecule has 0 aliphatic carbocycles. The van der Waals surface area contributed by atoms with Crippen molar-refractivity contribution in [1.82, 2.24) is 14.8 Å². The predicted molar refractivity (Wildman–Crippen MR) is 124 cm³/mol. The lowest BCUT2D eigenvalue weighted by atomic mass is 10.2. The van der Waals surface area contributed by atoms with E-state index >= 15 is 0 Å². The van der Waals surface area contributed by atoms with Gasteiger partial charge in [0, 0.05) is 22.7 Å². The first-order valence-electron chi connectivity index (χ1n) is 9.98.